The predicted molar refractivity (Wildman–Crippen MR) is 103 cm³/mol. The van der Waals surface area contributed by atoms with E-state index in [-0.39, 0.29) is 5.76 Å². The molecule has 0 aliphatic heterocycles. The Morgan fingerprint density at radius 1 is 1.04 bits per heavy atom. The third-order valence-corrected chi connectivity index (χ3v) is 4.19. The molecule has 1 heterocycles. The predicted octanol–water partition coefficient (Wildman–Crippen LogP) is 3.81. The van der Waals surface area contributed by atoms with Crippen molar-refractivity contribution in [2.45, 2.75) is 19.6 Å². The summed E-state index contributed by atoms with van der Waals surface area (Å²) in [4.78, 5) is 25.1. The Labute approximate surface area is 163 Å². The summed E-state index contributed by atoms with van der Waals surface area (Å²) < 4.78 is 15.6. The molecule has 1 aromatic heterocycles. The molecule has 3 rings (SSSR count). The third kappa shape index (κ3) is 4.79. The minimum Gasteiger partial charge on any atom is -0.497 e. The average molecular weight is 379 g/mol. The molecular formula is C22H21NO5. The van der Waals surface area contributed by atoms with Crippen LogP contribution in [0, 0.1) is 6.92 Å². The van der Waals surface area contributed by atoms with Crippen molar-refractivity contribution in [3.8, 4) is 5.75 Å². The summed E-state index contributed by atoms with van der Waals surface area (Å²) in [6, 6.07) is 17.7. The lowest BCUT2D eigenvalue weighted by molar-refractivity contribution is -0.130. The van der Waals surface area contributed by atoms with Gasteiger partial charge in [-0.3, -0.25) is 4.79 Å². The molecule has 3 aromatic rings. The molecule has 0 saturated carbocycles. The lowest BCUT2D eigenvalue weighted by atomic mass is 10.1. The quantitative estimate of drug-likeness (QED) is 0.632. The topological polar surface area (TPSA) is 77.8 Å². The van der Waals surface area contributed by atoms with E-state index in [2.05, 4.69) is 5.32 Å². The van der Waals surface area contributed by atoms with Crippen LogP contribution >= 0.6 is 0 Å². The second-order valence-corrected chi connectivity index (χ2v) is 6.24. The lowest BCUT2D eigenvalue weighted by Gasteiger charge is -2.18. The van der Waals surface area contributed by atoms with E-state index in [1.54, 1.807) is 25.3 Å². The molecule has 2 aromatic carbocycles. The van der Waals surface area contributed by atoms with Crippen LogP contribution in [0.2, 0.25) is 0 Å². The van der Waals surface area contributed by atoms with E-state index in [9.17, 15) is 9.59 Å². The Morgan fingerprint density at radius 3 is 2.36 bits per heavy atom. The largest absolute Gasteiger partial charge is 0.497 e. The van der Waals surface area contributed by atoms with Crippen LogP contribution in [0.3, 0.4) is 0 Å². The number of carbonyl (C=O) groups is 2. The van der Waals surface area contributed by atoms with Gasteiger partial charge in [-0.05, 0) is 36.8 Å². The van der Waals surface area contributed by atoms with Gasteiger partial charge in [-0.1, -0.05) is 42.0 Å². The Bertz CT molecular complexity index is 915. The van der Waals surface area contributed by atoms with Crippen LogP contribution in [0.1, 0.15) is 33.3 Å². The summed E-state index contributed by atoms with van der Waals surface area (Å²) in [6.07, 6.45) is 0.290. The number of rotatable bonds is 7. The molecule has 6 heteroatoms. The maximum atomic E-state index is 12.8. The molecule has 0 radical (unpaired) electrons. The molecule has 0 fully saturated rings. The van der Waals surface area contributed by atoms with Crippen LogP contribution in [0.4, 0.5) is 0 Å². The third-order valence-electron chi connectivity index (χ3n) is 4.19. The summed E-state index contributed by atoms with van der Waals surface area (Å²) in [5.41, 5.74) is 2.52. The smallest absolute Gasteiger partial charge is 0.375 e. The van der Waals surface area contributed by atoms with Gasteiger partial charge in [-0.15, -0.1) is 0 Å². The summed E-state index contributed by atoms with van der Waals surface area (Å²) in [7, 11) is 1.59. The number of amides is 1. The number of hydrogen-bond donors (Lipinski definition) is 1. The van der Waals surface area contributed by atoms with Crippen molar-refractivity contribution in [3.05, 3.63) is 89.4 Å². The van der Waals surface area contributed by atoms with Crippen molar-refractivity contribution in [3.63, 3.8) is 0 Å². The van der Waals surface area contributed by atoms with Gasteiger partial charge in [0, 0.05) is 12.1 Å². The lowest BCUT2D eigenvalue weighted by Crippen LogP contribution is -2.31. The van der Waals surface area contributed by atoms with Crippen molar-refractivity contribution in [2.75, 3.05) is 7.11 Å². The minimum absolute atomic E-state index is 0.0417. The number of esters is 1. The van der Waals surface area contributed by atoms with Crippen LogP contribution in [-0.4, -0.2) is 19.0 Å². The van der Waals surface area contributed by atoms with Crippen LogP contribution in [0.15, 0.2) is 71.3 Å². The first-order valence-corrected chi connectivity index (χ1v) is 8.78. The highest BCUT2D eigenvalue weighted by atomic mass is 16.6. The maximum absolute atomic E-state index is 12.8. The van der Waals surface area contributed by atoms with E-state index in [1.807, 2.05) is 43.3 Å². The number of benzene rings is 2. The number of nitrogens with one attached hydrogen (secondary N) is 1. The summed E-state index contributed by atoms with van der Waals surface area (Å²) in [6.45, 7) is 2.24. The molecule has 0 spiro atoms. The molecule has 28 heavy (non-hydrogen) atoms. The summed E-state index contributed by atoms with van der Waals surface area (Å²) in [5.74, 6) is -0.338. The molecule has 0 unspecified atom stereocenters. The van der Waals surface area contributed by atoms with Crippen molar-refractivity contribution in [2.24, 2.45) is 0 Å². The Balaban J connectivity index is 1.73. The fraction of sp³-hybridized carbons (Fsp3) is 0.182. The van der Waals surface area contributed by atoms with Gasteiger partial charge in [0.2, 0.25) is 11.9 Å². The number of ether oxygens (including phenoxy) is 2. The van der Waals surface area contributed by atoms with Gasteiger partial charge in [-0.2, -0.15) is 0 Å². The maximum Gasteiger partial charge on any atom is 0.375 e. The molecule has 0 saturated heterocycles. The number of methoxy groups -OCH3 is 1. The second kappa shape index (κ2) is 8.90. The molecule has 1 amide bonds. The van der Waals surface area contributed by atoms with Crippen LogP contribution in [-0.2, 0) is 16.1 Å². The first-order valence-electron chi connectivity index (χ1n) is 8.78. The molecule has 0 bridgehead atoms. The van der Waals surface area contributed by atoms with Gasteiger partial charge in [0.1, 0.15) is 5.75 Å². The van der Waals surface area contributed by atoms with Crippen molar-refractivity contribution < 1.29 is 23.5 Å². The van der Waals surface area contributed by atoms with Crippen molar-refractivity contribution >= 4 is 11.9 Å². The highest BCUT2D eigenvalue weighted by Gasteiger charge is 2.26. The highest BCUT2D eigenvalue weighted by Crippen LogP contribution is 2.21. The molecule has 0 aliphatic carbocycles. The zero-order chi connectivity index (χ0) is 19.9. The van der Waals surface area contributed by atoms with Gasteiger partial charge in [0.25, 0.3) is 5.91 Å². The normalized spacial score (nSPS) is 11.5. The van der Waals surface area contributed by atoms with Gasteiger partial charge < -0.3 is 19.2 Å². The van der Waals surface area contributed by atoms with Gasteiger partial charge >= 0.3 is 5.97 Å². The Morgan fingerprint density at radius 2 is 1.75 bits per heavy atom. The van der Waals surface area contributed by atoms with Crippen molar-refractivity contribution in [1.82, 2.24) is 5.32 Å². The summed E-state index contributed by atoms with van der Waals surface area (Å²) in [5, 5.41) is 2.81. The SMILES string of the molecule is COc1ccc(CNC(=O)[C@@H](OC(=O)c2ccco2)c2ccc(C)cc2)cc1. The zero-order valence-corrected chi connectivity index (χ0v) is 15.7. The van der Waals surface area contributed by atoms with Crippen LogP contribution in [0.25, 0.3) is 0 Å². The highest BCUT2D eigenvalue weighted by molar-refractivity contribution is 5.90. The number of aryl methyl sites for hydroxylation is 1. The molecule has 1 atom stereocenters. The molecule has 144 valence electrons. The first-order chi connectivity index (χ1) is 13.6. The average Bonchev–Trinajstić information content (AvgIpc) is 3.26. The van der Waals surface area contributed by atoms with E-state index in [1.165, 1.54) is 12.3 Å². The fourth-order valence-electron chi connectivity index (χ4n) is 2.60. The zero-order valence-electron chi connectivity index (χ0n) is 15.7. The monoisotopic (exact) mass is 379 g/mol. The van der Waals surface area contributed by atoms with E-state index in [4.69, 9.17) is 13.9 Å². The van der Waals surface area contributed by atoms with Gasteiger partial charge in [-0.25, -0.2) is 4.79 Å². The van der Waals surface area contributed by atoms with E-state index in [0.717, 1.165) is 16.9 Å². The molecular weight excluding hydrogens is 358 g/mol. The summed E-state index contributed by atoms with van der Waals surface area (Å²) >= 11 is 0. The molecule has 6 nitrogen and oxygen atoms in total. The number of furan rings is 1. The number of hydrogen-bond acceptors (Lipinski definition) is 5. The van der Waals surface area contributed by atoms with E-state index in [0.29, 0.717) is 12.1 Å². The van der Waals surface area contributed by atoms with Crippen molar-refractivity contribution in [1.29, 1.82) is 0 Å². The second-order valence-electron chi connectivity index (χ2n) is 6.24. The first kappa shape index (κ1) is 19.2. The van der Waals surface area contributed by atoms with Crippen LogP contribution < -0.4 is 10.1 Å². The Kier molecular flexibility index (Phi) is 6.11. The Hall–Kier alpha value is -3.54. The van der Waals surface area contributed by atoms with Gasteiger partial charge in [0.15, 0.2) is 0 Å². The van der Waals surface area contributed by atoms with Crippen LogP contribution in [0.5, 0.6) is 5.75 Å². The fourth-order valence-corrected chi connectivity index (χ4v) is 2.60. The molecule has 0 aliphatic rings. The number of carbonyl (C=O) groups excluding carboxylic acids is 2. The molecule has 1 N–H and O–H groups in total. The van der Waals surface area contributed by atoms with E-state index < -0.39 is 18.0 Å². The minimum atomic E-state index is -1.09. The van der Waals surface area contributed by atoms with Gasteiger partial charge in [0.05, 0.1) is 13.4 Å². The van der Waals surface area contributed by atoms with E-state index >= 15 is 0 Å². The standard InChI is InChI=1S/C22H21NO5/c1-15-5-9-17(10-6-15)20(28-22(25)19-4-3-13-27-19)21(24)23-14-16-7-11-18(26-2)12-8-16/h3-13,20H,14H2,1-2H3,(H,23,24)/t20-/m0/s1.